The molecule has 1 heterocycles. The maximum Gasteiger partial charge on any atom is 0.137 e. The summed E-state index contributed by atoms with van der Waals surface area (Å²) in [5.41, 5.74) is 3.37. The van der Waals surface area contributed by atoms with E-state index in [1.54, 1.807) is 13.1 Å². The van der Waals surface area contributed by atoms with Gasteiger partial charge in [0, 0.05) is 23.1 Å². The Kier molecular flexibility index (Phi) is 3.28. The molecule has 102 valence electrons. The highest BCUT2D eigenvalue weighted by Gasteiger charge is 2.10. The van der Waals surface area contributed by atoms with Crippen LogP contribution in [-0.2, 0) is 6.54 Å². The molecule has 2 aromatic carbocycles. The standard InChI is InChI=1S/C17H16FNO/c1-11-4-3-5-13-9-16(20-17(11)13)12-6-7-14(10-19-2)15(18)8-12/h3-9,19H,10H2,1-2H3. The molecule has 3 aromatic rings. The second kappa shape index (κ2) is 5.10. The third-order valence-corrected chi connectivity index (χ3v) is 3.45. The second-order valence-electron chi connectivity index (χ2n) is 4.94. The number of nitrogens with one attached hydrogen (secondary N) is 1. The molecule has 2 nitrogen and oxygen atoms in total. The predicted octanol–water partition coefficient (Wildman–Crippen LogP) is 4.27. The Morgan fingerprint density at radius 2 is 2.00 bits per heavy atom. The number of furan rings is 1. The number of fused-ring (bicyclic) bond motifs is 1. The monoisotopic (exact) mass is 269 g/mol. The molecule has 0 saturated carbocycles. The topological polar surface area (TPSA) is 25.2 Å². The third kappa shape index (κ3) is 2.21. The summed E-state index contributed by atoms with van der Waals surface area (Å²) >= 11 is 0. The number of halogens is 1. The molecule has 0 atom stereocenters. The molecule has 0 aliphatic heterocycles. The van der Waals surface area contributed by atoms with Gasteiger partial charge >= 0.3 is 0 Å². The van der Waals surface area contributed by atoms with Gasteiger partial charge in [-0.15, -0.1) is 0 Å². The molecule has 0 radical (unpaired) electrons. The summed E-state index contributed by atoms with van der Waals surface area (Å²) in [6.07, 6.45) is 0. The van der Waals surface area contributed by atoms with Gasteiger partial charge in [0.2, 0.25) is 0 Å². The van der Waals surface area contributed by atoms with Crippen LogP contribution in [0.3, 0.4) is 0 Å². The van der Waals surface area contributed by atoms with Crippen molar-refractivity contribution in [2.45, 2.75) is 13.5 Å². The smallest absolute Gasteiger partial charge is 0.137 e. The fourth-order valence-electron chi connectivity index (χ4n) is 2.39. The zero-order chi connectivity index (χ0) is 14.1. The van der Waals surface area contributed by atoms with Crippen molar-refractivity contribution < 1.29 is 8.81 Å². The van der Waals surface area contributed by atoms with E-state index in [1.165, 1.54) is 6.07 Å². The second-order valence-corrected chi connectivity index (χ2v) is 4.94. The van der Waals surface area contributed by atoms with Gasteiger partial charge in [-0.3, -0.25) is 0 Å². The molecule has 1 N–H and O–H groups in total. The molecule has 3 rings (SSSR count). The minimum atomic E-state index is -0.214. The number of rotatable bonds is 3. The average Bonchev–Trinajstić information content (AvgIpc) is 2.87. The third-order valence-electron chi connectivity index (χ3n) is 3.45. The van der Waals surface area contributed by atoms with Gasteiger partial charge in [0.25, 0.3) is 0 Å². The summed E-state index contributed by atoms with van der Waals surface area (Å²) in [5, 5.41) is 3.99. The van der Waals surface area contributed by atoms with E-state index in [0.29, 0.717) is 17.9 Å². The first kappa shape index (κ1) is 12.9. The molecule has 0 fully saturated rings. The van der Waals surface area contributed by atoms with Crippen molar-refractivity contribution in [1.29, 1.82) is 0 Å². The van der Waals surface area contributed by atoms with Crippen molar-refractivity contribution in [3.63, 3.8) is 0 Å². The molecule has 0 unspecified atom stereocenters. The Morgan fingerprint density at radius 1 is 1.15 bits per heavy atom. The van der Waals surface area contributed by atoms with Crippen molar-refractivity contribution in [1.82, 2.24) is 5.32 Å². The van der Waals surface area contributed by atoms with Crippen molar-refractivity contribution in [2.24, 2.45) is 0 Å². The van der Waals surface area contributed by atoms with E-state index in [0.717, 1.165) is 22.1 Å². The average molecular weight is 269 g/mol. The zero-order valence-electron chi connectivity index (χ0n) is 11.5. The number of hydrogen-bond donors (Lipinski definition) is 1. The molecule has 0 aliphatic carbocycles. The Labute approximate surface area is 117 Å². The van der Waals surface area contributed by atoms with Crippen LogP contribution in [0.2, 0.25) is 0 Å². The normalized spacial score (nSPS) is 11.2. The van der Waals surface area contributed by atoms with Gasteiger partial charge in [-0.05, 0) is 31.7 Å². The lowest BCUT2D eigenvalue weighted by Gasteiger charge is -2.04. The maximum atomic E-state index is 14.0. The van der Waals surface area contributed by atoms with Crippen LogP contribution in [0, 0.1) is 12.7 Å². The zero-order valence-corrected chi connectivity index (χ0v) is 11.5. The highest BCUT2D eigenvalue weighted by Crippen LogP contribution is 2.30. The summed E-state index contributed by atoms with van der Waals surface area (Å²) in [6, 6.07) is 13.2. The van der Waals surface area contributed by atoms with Gasteiger partial charge in [0.05, 0.1) is 0 Å². The van der Waals surface area contributed by atoms with Crippen molar-refractivity contribution in [2.75, 3.05) is 7.05 Å². The van der Waals surface area contributed by atoms with E-state index in [1.807, 2.05) is 37.3 Å². The molecular weight excluding hydrogens is 253 g/mol. The lowest BCUT2D eigenvalue weighted by atomic mass is 10.1. The molecule has 20 heavy (non-hydrogen) atoms. The van der Waals surface area contributed by atoms with Crippen LogP contribution in [0.4, 0.5) is 4.39 Å². The van der Waals surface area contributed by atoms with Crippen LogP contribution in [0.1, 0.15) is 11.1 Å². The SMILES string of the molecule is CNCc1ccc(-c2cc3cccc(C)c3o2)cc1F. The summed E-state index contributed by atoms with van der Waals surface area (Å²) in [6.45, 7) is 2.53. The van der Waals surface area contributed by atoms with E-state index < -0.39 is 0 Å². The van der Waals surface area contributed by atoms with E-state index in [-0.39, 0.29) is 5.82 Å². The first-order chi connectivity index (χ1) is 9.69. The lowest BCUT2D eigenvalue weighted by molar-refractivity contribution is 0.597. The largest absolute Gasteiger partial charge is 0.456 e. The molecule has 0 saturated heterocycles. The Bertz CT molecular complexity index is 761. The van der Waals surface area contributed by atoms with Gasteiger partial charge < -0.3 is 9.73 Å². The number of benzene rings is 2. The highest BCUT2D eigenvalue weighted by molar-refractivity contribution is 5.85. The van der Waals surface area contributed by atoms with Crippen molar-refractivity contribution >= 4 is 11.0 Å². The lowest BCUT2D eigenvalue weighted by Crippen LogP contribution is -2.06. The van der Waals surface area contributed by atoms with Crippen LogP contribution in [0.5, 0.6) is 0 Å². The minimum absolute atomic E-state index is 0.214. The van der Waals surface area contributed by atoms with E-state index >= 15 is 0 Å². The number of hydrogen-bond acceptors (Lipinski definition) is 2. The molecule has 0 amide bonds. The van der Waals surface area contributed by atoms with Gasteiger partial charge in [-0.2, -0.15) is 0 Å². The molecule has 1 aromatic heterocycles. The van der Waals surface area contributed by atoms with Gasteiger partial charge in [-0.1, -0.05) is 30.3 Å². The van der Waals surface area contributed by atoms with Crippen molar-refractivity contribution in [3.8, 4) is 11.3 Å². The first-order valence-corrected chi connectivity index (χ1v) is 6.61. The summed E-state index contributed by atoms with van der Waals surface area (Å²) in [4.78, 5) is 0. The number of para-hydroxylation sites is 1. The summed E-state index contributed by atoms with van der Waals surface area (Å²) in [5.74, 6) is 0.484. The fourth-order valence-corrected chi connectivity index (χ4v) is 2.39. The Morgan fingerprint density at radius 3 is 2.70 bits per heavy atom. The van der Waals surface area contributed by atoms with Crippen LogP contribution >= 0.6 is 0 Å². The van der Waals surface area contributed by atoms with Crippen LogP contribution in [-0.4, -0.2) is 7.05 Å². The van der Waals surface area contributed by atoms with E-state index in [2.05, 4.69) is 5.32 Å². The molecule has 0 bridgehead atoms. The quantitative estimate of drug-likeness (QED) is 0.768. The highest BCUT2D eigenvalue weighted by atomic mass is 19.1. The fraction of sp³-hybridized carbons (Fsp3) is 0.176. The summed E-state index contributed by atoms with van der Waals surface area (Å²) < 4.78 is 19.8. The van der Waals surface area contributed by atoms with Gasteiger partial charge in [-0.25, -0.2) is 4.39 Å². The predicted molar refractivity (Wildman–Crippen MR) is 79.1 cm³/mol. The Balaban J connectivity index is 2.06. The number of aryl methyl sites for hydroxylation is 1. The molecule has 3 heteroatoms. The van der Waals surface area contributed by atoms with Crippen LogP contribution in [0.15, 0.2) is 46.9 Å². The first-order valence-electron chi connectivity index (χ1n) is 6.61. The van der Waals surface area contributed by atoms with Gasteiger partial charge in [0.15, 0.2) is 0 Å². The van der Waals surface area contributed by atoms with Gasteiger partial charge in [0.1, 0.15) is 17.2 Å². The van der Waals surface area contributed by atoms with E-state index in [9.17, 15) is 4.39 Å². The Hall–Kier alpha value is -2.13. The molecule has 0 aliphatic rings. The molecule has 0 spiro atoms. The van der Waals surface area contributed by atoms with Crippen molar-refractivity contribution in [3.05, 3.63) is 59.4 Å². The van der Waals surface area contributed by atoms with Crippen LogP contribution in [0.25, 0.3) is 22.3 Å². The molecular formula is C17H16FNO. The van der Waals surface area contributed by atoms with Crippen LogP contribution < -0.4 is 5.32 Å². The maximum absolute atomic E-state index is 14.0. The minimum Gasteiger partial charge on any atom is -0.456 e. The summed E-state index contributed by atoms with van der Waals surface area (Å²) in [7, 11) is 1.80. The van der Waals surface area contributed by atoms with E-state index in [4.69, 9.17) is 4.42 Å².